The molecule has 1 heterocycles. The molecule has 1 aliphatic heterocycles. The molecule has 164 valence electrons. The van der Waals surface area contributed by atoms with Crippen molar-refractivity contribution in [3.8, 4) is 0 Å². The number of nitrogens with zero attached hydrogens (tertiary/aromatic N) is 1. The van der Waals surface area contributed by atoms with Crippen LogP contribution in [0.1, 0.15) is 23.2 Å². The van der Waals surface area contributed by atoms with Gasteiger partial charge in [0.1, 0.15) is 5.82 Å². The zero-order valence-electron chi connectivity index (χ0n) is 17.3. The van der Waals surface area contributed by atoms with Gasteiger partial charge in [-0.2, -0.15) is 0 Å². The van der Waals surface area contributed by atoms with E-state index in [1.807, 2.05) is 48.5 Å². The lowest BCUT2D eigenvalue weighted by Gasteiger charge is -2.31. The van der Waals surface area contributed by atoms with E-state index in [4.69, 9.17) is 11.6 Å². The average Bonchev–Trinajstić information content (AvgIpc) is 2.82. The highest BCUT2D eigenvalue weighted by Crippen LogP contribution is 2.33. The van der Waals surface area contributed by atoms with Crippen molar-refractivity contribution in [1.82, 2.24) is 4.90 Å². The molecule has 0 unspecified atom stereocenters. The van der Waals surface area contributed by atoms with Gasteiger partial charge in [0.05, 0.1) is 5.02 Å². The molecule has 4 rings (SSSR count). The van der Waals surface area contributed by atoms with E-state index < -0.39 is 0 Å². The Morgan fingerprint density at radius 3 is 2.25 bits per heavy atom. The Morgan fingerprint density at radius 2 is 1.59 bits per heavy atom. The Morgan fingerprint density at radius 1 is 0.938 bits per heavy atom. The summed E-state index contributed by atoms with van der Waals surface area (Å²) in [5.41, 5.74) is 1.20. The number of hydrogen-bond donors (Lipinski definition) is 1. The number of halogens is 2. The van der Waals surface area contributed by atoms with E-state index in [2.05, 4.69) is 5.32 Å². The number of carbonyl (C=O) groups excluding carboxylic acids is 2. The topological polar surface area (TPSA) is 49.4 Å². The number of anilines is 1. The minimum Gasteiger partial charge on any atom is -0.339 e. The maximum absolute atomic E-state index is 13.1. The number of rotatable bonds is 5. The van der Waals surface area contributed by atoms with Crippen LogP contribution in [0.15, 0.2) is 82.6 Å². The lowest BCUT2D eigenvalue weighted by atomic mass is 9.95. The summed E-state index contributed by atoms with van der Waals surface area (Å²) in [6.07, 6.45) is 1.19. The quantitative estimate of drug-likeness (QED) is 0.490. The van der Waals surface area contributed by atoms with Gasteiger partial charge in [-0.3, -0.25) is 9.59 Å². The molecule has 0 radical (unpaired) electrons. The van der Waals surface area contributed by atoms with Crippen molar-refractivity contribution in [3.05, 3.63) is 89.2 Å². The van der Waals surface area contributed by atoms with Crippen molar-refractivity contribution in [2.45, 2.75) is 22.6 Å². The van der Waals surface area contributed by atoms with E-state index in [1.54, 1.807) is 16.7 Å². The molecule has 3 aromatic rings. The fourth-order valence-corrected chi connectivity index (χ4v) is 4.71. The van der Waals surface area contributed by atoms with Crippen LogP contribution < -0.4 is 5.32 Å². The number of nitrogens with one attached hydrogen (secondary N) is 1. The normalized spacial score (nSPS) is 14.2. The van der Waals surface area contributed by atoms with Crippen LogP contribution in [-0.4, -0.2) is 29.8 Å². The molecule has 32 heavy (non-hydrogen) atoms. The Hall–Kier alpha value is -2.83. The summed E-state index contributed by atoms with van der Waals surface area (Å²) < 4.78 is 13.1. The first kappa shape index (κ1) is 22.4. The zero-order chi connectivity index (χ0) is 22.5. The van der Waals surface area contributed by atoms with Gasteiger partial charge in [-0.1, -0.05) is 35.5 Å². The van der Waals surface area contributed by atoms with Crippen molar-refractivity contribution in [3.63, 3.8) is 0 Å². The number of piperidine rings is 1. The van der Waals surface area contributed by atoms with Crippen molar-refractivity contribution in [2.75, 3.05) is 18.4 Å². The van der Waals surface area contributed by atoms with Gasteiger partial charge in [0, 0.05) is 40.0 Å². The first-order valence-corrected chi connectivity index (χ1v) is 11.6. The number of hydrogen-bond acceptors (Lipinski definition) is 3. The fraction of sp³-hybridized carbons (Fsp3) is 0.200. The Labute approximate surface area is 195 Å². The second-order valence-corrected chi connectivity index (χ2v) is 9.14. The van der Waals surface area contributed by atoms with Crippen LogP contribution in [-0.2, 0) is 4.79 Å². The standard InChI is InChI=1S/C25H22ClFN2O2S/c26-22-3-1-2-4-23(22)32-21-11-9-20(10-12-21)28-24(30)17-13-15-29(16-14-17)25(31)18-5-7-19(27)8-6-18/h1-12,17H,13-16H2,(H,28,30). The highest BCUT2D eigenvalue weighted by atomic mass is 35.5. The maximum Gasteiger partial charge on any atom is 0.253 e. The summed E-state index contributed by atoms with van der Waals surface area (Å²) in [6, 6.07) is 20.9. The van der Waals surface area contributed by atoms with E-state index in [0.29, 0.717) is 36.5 Å². The van der Waals surface area contributed by atoms with Gasteiger partial charge >= 0.3 is 0 Å². The van der Waals surface area contributed by atoms with Crippen molar-refractivity contribution < 1.29 is 14.0 Å². The molecule has 0 bridgehead atoms. The fourth-order valence-electron chi connectivity index (χ4n) is 3.62. The summed E-state index contributed by atoms with van der Waals surface area (Å²) in [4.78, 5) is 29.0. The Kier molecular flexibility index (Phi) is 7.12. The SMILES string of the molecule is O=C(Nc1ccc(Sc2ccccc2Cl)cc1)C1CCN(C(=O)c2ccc(F)cc2)CC1. The Balaban J connectivity index is 1.29. The third-order valence-electron chi connectivity index (χ3n) is 5.43. The smallest absolute Gasteiger partial charge is 0.253 e. The molecular weight excluding hydrogens is 447 g/mol. The summed E-state index contributed by atoms with van der Waals surface area (Å²) in [5, 5.41) is 3.68. The van der Waals surface area contributed by atoms with Gasteiger partial charge in [-0.25, -0.2) is 4.39 Å². The van der Waals surface area contributed by atoms with Crippen LogP contribution in [0.25, 0.3) is 0 Å². The summed E-state index contributed by atoms with van der Waals surface area (Å²) >= 11 is 7.78. The lowest BCUT2D eigenvalue weighted by molar-refractivity contribution is -0.121. The lowest BCUT2D eigenvalue weighted by Crippen LogP contribution is -2.41. The number of carbonyl (C=O) groups is 2. The zero-order valence-corrected chi connectivity index (χ0v) is 18.8. The van der Waals surface area contributed by atoms with E-state index in [0.717, 1.165) is 15.5 Å². The summed E-state index contributed by atoms with van der Waals surface area (Å²) in [5.74, 6) is -0.683. The number of amides is 2. The van der Waals surface area contributed by atoms with Gasteiger partial charge in [-0.15, -0.1) is 0 Å². The second kappa shape index (κ2) is 10.2. The molecule has 2 amide bonds. The molecule has 0 spiro atoms. The maximum atomic E-state index is 13.1. The third kappa shape index (κ3) is 5.50. The third-order valence-corrected chi connectivity index (χ3v) is 6.96. The van der Waals surface area contributed by atoms with Crippen LogP contribution in [0, 0.1) is 11.7 Å². The molecule has 3 aromatic carbocycles. The molecule has 0 aromatic heterocycles. The molecule has 1 aliphatic rings. The molecule has 1 saturated heterocycles. The van der Waals surface area contributed by atoms with E-state index in [1.165, 1.54) is 24.3 Å². The highest BCUT2D eigenvalue weighted by molar-refractivity contribution is 7.99. The van der Waals surface area contributed by atoms with Crippen LogP contribution in [0.5, 0.6) is 0 Å². The average molecular weight is 469 g/mol. The minimum absolute atomic E-state index is 0.0367. The largest absolute Gasteiger partial charge is 0.339 e. The van der Waals surface area contributed by atoms with Crippen molar-refractivity contribution in [1.29, 1.82) is 0 Å². The van der Waals surface area contributed by atoms with Gasteiger partial charge in [0.15, 0.2) is 0 Å². The minimum atomic E-state index is -0.368. The molecule has 7 heteroatoms. The summed E-state index contributed by atoms with van der Waals surface area (Å²) in [6.45, 7) is 1.00. The predicted molar refractivity (Wildman–Crippen MR) is 126 cm³/mol. The molecule has 0 atom stereocenters. The first-order valence-electron chi connectivity index (χ1n) is 10.4. The molecule has 0 aliphatic carbocycles. The molecule has 1 fully saturated rings. The summed E-state index contributed by atoms with van der Waals surface area (Å²) in [7, 11) is 0. The van der Waals surface area contributed by atoms with Crippen LogP contribution in [0.2, 0.25) is 5.02 Å². The molecule has 0 saturated carbocycles. The Bertz CT molecular complexity index is 1100. The van der Waals surface area contributed by atoms with E-state index in [-0.39, 0.29) is 23.5 Å². The van der Waals surface area contributed by atoms with Crippen LogP contribution in [0.4, 0.5) is 10.1 Å². The van der Waals surface area contributed by atoms with Crippen molar-refractivity contribution >= 4 is 40.9 Å². The molecular formula is C25H22ClFN2O2S. The van der Waals surface area contributed by atoms with Crippen LogP contribution in [0.3, 0.4) is 0 Å². The molecule has 1 N–H and O–H groups in total. The van der Waals surface area contributed by atoms with E-state index >= 15 is 0 Å². The van der Waals surface area contributed by atoms with Crippen LogP contribution >= 0.6 is 23.4 Å². The van der Waals surface area contributed by atoms with E-state index in [9.17, 15) is 14.0 Å². The monoisotopic (exact) mass is 468 g/mol. The number of benzene rings is 3. The highest BCUT2D eigenvalue weighted by Gasteiger charge is 2.28. The van der Waals surface area contributed by atoms with Gasteiger partial charge < -0.3 is 10.2 Å². The van der Waals surface area contributed by atoms with Crippen molar-refractivity contribution in [2.24, 2.45) is 5.92 Å². The second-order valence-electron chi connectivity index (χ2n) is 7.62. The van der Waals surface area contributed by atoms with Gasteiger partial charge in [-0.05, 0) is 73.5 Å². The van der Waals surface area contributed by atoms with Gasteiger partial charge in [0.25, 0.3) is 5.91 Å². The molecule has 4 nitrogen and oxygen atoms in total. The predicted octanol–water partition coefficient (Wildman–Crippen LogP) is 6.12. The number of likely N-dealkylation sites (tertiary alicyclic amines) is 1. The van der Waals surface area contributed by atoms with Gasteiger partial charge in [0.2, 0.25) is 5.91 Å². The first-order chi connectivity index (χ1) is 15.5.